The first-order valence-corrected chi connectivity index (χ1v) is 5.70. The molecule has 1 amide bonds. The number of carbonyl (C=O) groups excluding carboxylic acids is 1. The van der Waals surface area contributed by atoms with Crippen LogP contribution in [0.4, 0.5) is 5.82 Å². The summed E-state index contributed by atoms with van der Waals surface area (Å²) in [5.41, 5.74) is 1.10. The van der Waals surface area contributed by atoms with E-state index in [4.69, 9.17) is 0 Å². The molecule has 1 heterocycles. The van der Waals surface area contributed by atoms with E-state index in [-0.39, 0.29) is 5.91 Å². The number of anilines is 1. The third-order valence-electron chi connectivity index (χ3n) is 2.55. The van der Waals surface area contributed by atoms with Gasteiger partial charge in [0, 0.05) is 25.2 Å². The van der Waals surface area contributed by atoms with Gasteiger partial charge in [-0.25, -0.2) is 4.98 Å². The van der Waals surface area contributed by atoms with Crippen LogP contribution in [0.1, 0.15) is 24.8 Å². The molecule has 0 aliphatic heterocycles. The molecule has 1 aromatic rings. The lowest BCUT2D eigenvalue weighted by molar-refractivity contribution is -0.116. The van der Waals surface area contributed by atoms with Gasteiger partial charge in [-0.2, -0.15) is 0 Å². The average Bonchev–Trinajstić information content (AvgIpc) is 3.01. The number of rotatable bonds is 5. The van der Waals surface area contributed by atoms with Gasteiger partial charge in [-0.05, 0) is 37.5 Å². The van der Waals surface area contributed by atoms with E-state index in [0.29, 0.717) is 18.3 Å². The molecule has 0 aromatic carbocycles. The first-order chi connectivity index (χ1) is 7.74. The maximum Gasteiger partial charge on any atom is 0.226 e. The molecule has 1 aromatic heterocycles. The van der Waals surface area contributed by atoms with E-state index in [1.807, 2.05) is 19.1 Å². The topological polar surface area (TPSA) is 54.0 Å². The fourth-order valence-corrected chi connectivity index (χ4v) is 1.49. The van der Waals surface area contributed by atoms with Crippen molar-refractivity contribution in [3.05, 3.63) is 23.9 Å². The van der Waals surface area contributed by atoms with Gasteiger partial charge in [-0.3, -0.25) is 4.79 Å². The van der Waals surface area contributed by atoms with E-state index in [1.165, 1.54) is 12.8 Å². The minimum absolute atomic E-state index is 0.0197. The second kappa shape index (κ2) is 5.07. The number of nitrogens with zero attached hydrogens (tertiary/aromatic N) is 1. The second-order valence-electron chi connectivity index (χ2n) is 4.25. The molecule has 0 spiro atoms. The number of pyridine rings is 1. The molecular weight excluding hydrogens is 202 g/mol. The van der Waals surface area contributed by atoms with Crippen molar-refractivity contribution in [1.82, 2.24) is 10.3 Å². The van der Waals surface area contributed by atoms with Crippen LogP contribution in [-0.4, -0.2) is 23.5 Å². The molecule has 1 aliphatic rings. The number of hydrogen-bond donors (Lipinski definition) is 2. The standard InChI is InChI=1S/C12H17N3O/c1-9-4-6-14-11(8-9)15-12(16)5-7-13-10-2-3-10/h4,6,8,10,13H,2-3,5,7H2,1H3,(H,14,15,16). The number of nitrogens with one attached hydrogen (secondary N) is 2. The predicted octanol–water partition coefficient (Wildman–Crippen LogP) is 1.47. The molecule has 2 N–H and O–H groups in total. The van der Waals surface area contributed by atoms with E-state index < -0.39 is 0 Å². The van der Waals surface area contributed by atoms with Crippen molar-refractivity contribution in [3.8, 4) is 0 Å². The molecule has 0 unspecified atom stereocenters. The van der Waals surface area contributed by atoms with Gasteiger partial charge in [-0.15, -0.1) is 0 Å². The third kappa shape index (κ3) is 3.62. The molecule has 4 nitrogen and oxygen atoms in total. The number of amides is 1. The maximum absolute atomic E-state index is 11.5. The largest absolute Gasteiger partial charge is 0.313 e. The van der Waals surface area contributed by atoms with Gasteiger partial charge >= 0.3 is 0 Å². The van der Waals surface area contributed by atoms with Crippen LogP contribution in [0.2, 0.25) is 0 Å². The fraction of sp³-hybridized carbons (Fsp3) is 0.500. The summed E-state index contributed by atoms with van der Waals surface area (Å²) in [6, 6.07) is 4.43. The Hall–Kier alpha value is -1.42. The summed E-state index contributed by atoms with van der Waals surface area (Å²) in [5, 5.41) is 6.09. The Labute approximate surface area is 95.5 Å². The van der Waals surface area contributed by atoms with E-state index in [1.54, 1.807) is 6.20 Å². The third-order valence-corrected chi connectivity index (χ3v) is 2.55. The summed E-state index contributed by atoms with van der Waals surface area (Å²) in [4.78, 5) is 15.6. The predicted molar refractivity (Wildman–Crippen MR) is 63.2 cm³/mol. The van der Waals surface area contributed by atoms with Crippen LogP contribution < -0.4 is 10.6 Å². The van der Waals surface area contributed by atoms with E-state index in [9.17, 15) is 4.79 Å². The summed E-state index contributed by atoms with van der Waals surface area (Å²) in [5.74, 6) is 0.655. The minimum atomic E-state index is 0.0197. The molecule has 0 saturated heterocycles. The molecule has 86 valence electrons. The molecule has 1 aliphatic carbocycles. The molecule has 16 heavy (non-hydrogen) atoms. The van der Waals surface area contributed by atoms with Gasteiger partial charge in [0.25, 0.3) is 0 Å². The van der Waals surface area contributed by atoms with Crippen molar-refractivity contribution in [2.24, 2.45) is 0 Å². The molecule has 0 radical (unpaired) electrons. The number of aromatic nitrogens is 1. The zero-order chi connectivity index (χ0) is 11.4. The summed E-state index contributed by atoms with van der Waals surface area (Å²) >= 11 is 0. The van der Waals surface area contributed by atoms with Crippen molar-refractivity contribution in [2.75, 3.05) is 11.9 Å². The van der Waals surface area contributed by atoms with Gasteiger partial charge in [0.05, 0.1) is 0 Å². The zero-order valence-corrected chi connectivity index (χ0v) is 9.49. The normalized spacial score (nSPS) is 14.8. The van der Waals surface area contributed by atoms with Gasteiger partial charge in [-0.1, -0.05) is 0 Å². The molecule has 0 atom stereocenters. The van der Waals surface area contributed by atoms with Gasteiger partial charge < -0.3 is 10.6 Å². The first kappa shape index (κ1) is 11.1. The Morgan fingerprint density at radius 3 is 3.06 bits per heavy atom. The fourth-order valence-electron chi connectivity index (χ4n) is 1.49. The zero-order valence-electron chi connectivity index (χ0n) is 9.49. The number of aryl methyl sites for hydroxylation is 1. The van der Waals surface area contributed by atoms with Crippen molar-refractivity contribution < 1.29 is 4.79 Å². The Morgan fingerprint density at radius 1 is 1.56 bits per heavy atom. The minimum Gasteiger partial charge on any atom is -0.313 e. The Bertz CT molecular complexity index is 374. The molecular formula is C12H17N3O. The lowest BCUT2D eigenvalue weighted by atomic mass is 10.3. The van der Waals surface area contributed by atoms with Crippen molar-refractivity contribution >= 4 is 11.7 Å². The second-order valence-corrected chi connectivity index (χ2v) is 4.25. The molecule has 4 heteroatoms. The van der Waals surface area contributed by atoms with E-state index in [2.05, 4.69) is 15.6 Å². The summed E-state index contributed by atoms with van der Waals surface area (Å²) in [6.07, 6.45) is 4.71. The smallest absolute Gasteiger partial charge is 0.226 e. The van der Waals surface area contributed by atoms with Gasteiger partial charge in [0.15, 0.2) is 0 Å². The average molecular weight is 219 g/mol. The maximum atomic E-state index is 11.5. The van der Waals surface area contributed by atoms with E-state index in [0.717, 1.165) is 12.1 Å². The highest BCUT2D eigenvalue weighted by Crippen LogP contribution is 2.18. The highest BCUT2D eigenvalue weighted by Gasteiger charge is 2.20. The van der Waals surface area contributed by atoms with Crippen LogP contribution in [-0.2, 0) is 4.79 Å². The van der Waals surface area contributed by atoms with Crippen LogP contribution >= 0.6 is 0 Å². The van der Waals surface area contributed by atoms with Gasteiger partial charge in [0.2, 0.25) is 5.91 Å². The highest BCUT2D eigenvalue weighted by atomic mass is 16.1. The number of carbonyl (C=O) groups is 1. The monoisotopic (exact) mass is 219 g/mol. The number of hydrogen-bond acceptors (Lipinski definition) is 3. The summed E-state index contributed by atoms with van der Waals surface area (Å²) in [7, 11) is 0. The molecule has 0 bridgehead atoms. The lowest BCUT2D eigenvalue weighted by Gasteiger charge is -2.05. The highest BCUT2D eigenvalue weighted by molar-refractivity contribution is 5.89. The van der Waals surface area contributed by atoms with Crippen LogP contribution in [0.25, 0.3) is 0 Å². The van der Waals surface area contributed by atoms with Crippen LogP contribution in [0.15, 0.2) is 18.3 Å². The van der Waals surface area contributed by atoms with Crippen LogP contribution in [0.5, 0.6) is 0 Å². The van der Waals surface area contributed by atoms with Crippen LogP contribution in [0.3, 0.4) is 0 Å². The molecule has 2 rings (SSSR count). The van der Waals surface area contributed by atoms with Crippen molar-refractivity contribution in [3.63, 3.8) is 0 Å². The lowest BCUT2D eigenvalue weighted by Crippen LogP contribution is -2.23. The summed E-state index contributed by atoms with van der Waals surface area (Å²) < 4.78 is 0. The Morgan fingerprint density at radius 2 is 2.38 bits per heavy atom. The summed E-state index contributed by atoms with van der Waals surface area (Å²) in [6.45, 7) is 2.73. The van der Waals surface area contributed by atoms with Crippen molar-refractivity contribution in [2.45, 2.75) is 32.2 Å². The van der Waals surface area contributed by atoms with Crippen LogP contribution in [0, 0.1) is 6.92 Å². The van der Waals surface area contributed by atoms with E-state index >= 15 is 0 Å². The SMILES string of the molecule is Cc1ccnc(NC(=O)CCNC2CC2)c1. The first-order valence-electron chi connectivity index (χ1n) is 5.70. The Kier molecular flexibility index (Phi) is 3.51. The quantitative estimate of drug-likeness (QED) is 0.788. The molecule has 1 fully saturated rings. The molecule has 1 saturated carbocycles. The van der Waals surface area contributed by atoms with Crippen molar-refractivity contribution in [1.29, 1.82) is 0 Å². The Balaban J connectivity index is 1.73. The van der Waals surface area contributed by atoms with Gasteiger partial charge in [0.1, 0.15) is 5.82 Å².